The van der Waals surface area contributed by atoms with E-state index in [-0.39, 0.29) is 36.1 Å². The highest BCUT2D eigenvalue weighted by Gasteiger charge is 2.48. The maximum atomic E-state index is 13.7. The zero-order valence-electron chi connectivity index (χ0n) is 17.7. The SMILES string of the molecule is CCN1C(=O)N[C@H](c2ccccc2C(F)(F)F)C2=C1CN([C@@H](C(=O)NC)C(C)C)C2=O. The third kappa shape index (κ3) is 3.86. The fraction of sp³-hybridized carbons (Fsp3) is 0.476. The van der Waals surface area contributed by atoms with Gasteiger partial charge in [-0.15, -0.1) is 0 Å². The minimum atomic E-state index is -4.66. The number of benzene rings is 1. The highest BCUT2D eigenvalue weighted by Crippen LogP contribution is 2.42. The molecule has 7 nitrogen and oxygen atoms in total. The first-order chi connectivity index (χ1) is 14.5. The Labute approximate surface area is 178 Å². The lowest BCUT2D eigenvalue weighted by Gasteiger charge is -2.33. The number of hydrogen-bond donors (Lipinski definition) is 2. The standard InChI is InChI=1S/C21H25F3N4O3/c1-5-27-14-10-28(17(11(2)3)18(29)25-4)19(30)15(14)16(26-20(27)31)12-8-6-7-9-13(12)21(22,23)24/h6-9,11,16-17H,5,10H2,1-4H3,(H,25,29)(H,26,31)/t16-,17-/m1/s1. The van der Waals surface area contributed by atoms with Crippen molar-refractivity contribution in [1.82, 2.24) is 20.4 Å². The second-order valence-corrected chi connectivity index (χ2v) is 7.81. The van der Waals surface area contributed by atoms with Crippen molar-refractivity contribution in [3.63, 3.8) is 0 Å². The van der Waals surface area contributed by atoms with E-state index in [9.17, 15) is 27.6 Å². The molecule has 168 valence electrons. The molecule has 31 heavy (non-hydrogen) atoms. The average Bonchev–Trinajstić information content (AvgIpc) is 3.03. The molecule has 1 aromatic carbocycles. The molecule has 0 bridgehead atoms. The summed E-state index contributed by atoms with van der Waals surface area (Å²) in [5.74, 6) is -1.18. The lowest BCUT2D eigenvalue weighted by Crippen LogP contribution is -2.50. The molecule has 1 aromatic rings. The zero-order valence-corrected chi connectivity index (χ0v) is 17.7. The number of carbonyl (C=O) groups excluding carboxylic acids is 3. The van der Waals surface area contributed by atoms with Crippen LogP contribution in [0, 0.1) is 5.92 Å². The molecule has 3 rings (SSSR count). The Morgan fingerprint density at radius 2 is 1.90 bits per heavy atom. The molecule has 0 aromatic heterocycles. The van der Waals surface area contributed by atoms with Gasteiger partial charge in [-0.25, -0.2) is 4.79 Å². The molecule has 10 heteroatoms. The highest BCUT2D eigenvalue weighted by atomic mass is 19.4. The summed E-state index contributed by atoms with van der Waals surface area (Å²) in [5.41, 5.74) is -0.738. The van der Waals surface area contributed by atoms with Crippen LogP contribution in [0.15, 0.2) is 35.5 Å². The monoisotopic (exact) mass is 438 g/mol. The topological polar surface area (TPSA) is 81.8 Å². The molecule has 0 unspecified atom stereocenters. The van der Waals surface area contributed by atoms with Crippen LogP contribution in [0.4, 0.5) is 18.0 Å². The van der Waals surface area contributed by atoms with Gasteiger partial charge < -0.3 is 15.5 Å². The predicted octanol–water partition coefficient (Wildman–Crippen LogP) is 2.66. The van der Waals surface area contributed by atoms with E-state index in [0.717, 1.165) is 6.07 Å². The summed E-state index contributed by atoms with van der Waals surface area (Å²) in [6, 6.07) is 2.20. The van der Waals surface area contributed by atoms with Crippen molar-refractivity contribution in [1.29, 1.82) is 0 Å². The number of hydrogen-bond acceptors (Lipinski definition) is 3. The van der Waals surface area contributed by atoms with Crippen LogP contribution in [0.3, 0.4) is 0 Å². The summed E-state index contributed by atoms with van der Waals surface area (Å²) < 4.78 is 41.0. The van der Waals surface area contributed by atoms with Gasteiger partial charge in [0.1, 0.15) is 6.04 Å². The summed E-state index contributed by atoms with van der Waals surface area (Å²) in [6.07, 6.45) is -4.66. The molecule has 4 amide bonds. The van der Waals surface area contributed by atoms with Gasteiger partial charge in [0.25, 0.3) is 5.91 Å². The average molecular weight is 438 g/mol. The number of carbonyl (C=O) groups is 3. The van der Waals surface area contributed by atoms with Crippen LogP contribution < -0.4 is 10.6 Å². The number of alkyl halides is 3. The Hall–Kier alpha value is -3.04. The smallest absolute Gasteiger partial charge is 0.357 e. The molecule has 2 N–H and O–H groups in total. The molecule has 0 spiro atoms. The van der Waals surface area contributed by atoms with E-state index in [1.807, 2.05) is 0 Å². The molecule has 0 saturated heterocycles. The summed E-state index contributed by atoms with van der Waals surface area (Å²) in [4.78, 5) is 41.3. The summed E-state index contributed by atoms with van der Waals surface area (Å²) in [5, 5.41) is 5.10. The molecule has 2 aliphatic heterocycles. The zero-order chi connectivity index (χ0) is 23.1. The van der Waals surface area contributed by atoms with Gasteiger partial charge in [0.05, 0.1) is 29.4 Å². The van der Waals surface area contributed by atoms with E-state index in [0.29, 0.717) is 5.70 Å². The number of likely N-dealkylation sites (N-methyl/N-ethyl adjacent to an activating group) is 2. The molecular formula is C21H25F3N4O3. The predicted molar refractivity (Wildman–Crippen MR) is 107 cm³/mol. The lowest BCUT2D eigenvalue weighted by molar-refractivity contribution is -0.139. The number of halogens is 3. The highest BCUT2D eigenvalue weighted by molar-refractivity contribution is 6.03. The first-order valence-corrected chi connectivity index (χ1v) is 10.0. The van der Waals surface area contributed by atoms with Gasteiger partial charge >= 0.3 is 12.2 Å². The number of nitrogens with zero attached hydrogens (tertiary/aromatic N) is 2. The van der Waals surface area contributed by atoms with Crippen LogP contribution in [0.2, 0.25) is 0 Å². The Morgan fingerprint density at radius 1 is 1.26 bits per heavy atom. The van der Waals surface area contributed by atoms with Crippen molar-refractivity contribution >= 4 is 17.8 Å². The largest absolute Gasteiger partial charge is 0.416 e. The lowest BCUT2D eigenvalue weighted by atomic mass is 9.91. The van der Waals surface area contributed by atoms with Crippen LogP contribution in [0.25, 0.3) is 0 Å². The van der Waals surface area contributed by atoms with Crippen LogP contribution in [-0.2, 0) is 15.8 Å². The molecule has 0 radical (unpaired) electrons. The van der Waals surface area contributed by atoms with Gasteiger partial charge in [-0.3, -0.25) is 14.5 Å². The molecule has 2 aliphatic rings. The first-order valence-electron chi connectivity index (χ1n) is 10.0. The summed E-state index contributed by atoms with van der Waals surface area (Å²) >= 11 is 0. The summed E-state index contributed by atoms with van der Waals surface area (Å²) in [7, 11) is 1.46. The third-order valence-corrected chi connectivity index (χ3v) is 5.63. The van der Waals surface area contributed by atoms with E-state index >= 15 is 0 Å². The maximum absolute atomic E-state index is 13.7. The van der Waals surface area contributed by atoms with E-state index in [2.05, 4.69) is 10.6 Å². The van der Waals surface area contributed by atoms with Crippen molar-refractivity contribution in [3.05, 3.63) is 46.7 Å². The van der Waals surface area contributed by atoms with Gasteiger partial charge in [0.2, 0.25) is 5.91 Å². The number of rotatable bonds is 5. The number of urea groups is 1. The minimum Gasteiger partial charge on any atom is -0.357 e. The van der Waals surface area contributed by atoms with E-state index in [1.54, 1.807) is 20.8 Å². The third-order valence-electron chi connectivity index (χ3n) is 5.63. The van der Waals surface area contributed by atoms with Gasteiger partial charge in [-0.2, -0.15) is 13.2 Å². The van der Waals surface area contributed by atoms with E-state index in [4.69, 9.17) is 0 Å². The van der Waals surface area contributed by atoms with Crippen LogP contribution in [-0.4, -0.2) is 53.8 Å². The van der Waals surface area contributed by atoms with Crippen molar-refractivity contribution in [2.45, 2.75) is 39.0 Å². The normalized spacial score (nSPS) is 20.2. The molecule has 0 aliphatic carbocycles. The van der Waals surface area contributed by atoms with Crippen molar-refractivity contribution in [2.24, 2.45) is 5.92 Å². The Morgan fingerprint density at radius 3 is 2.45 bits per heavy atom. The Bertz CT molecular complexity index is 942. The fourth-order valence-corrected chi connectivity index (χ4v) is 4.26. The van der Waals surface area contributed by atoms with Gasteiger partial charge in [-0.1, -0.05) is 32.0 Å². The van der Waals surface area contributed by atoms with Crippen LogP contribution in [0.1, 0.15) is 37.9 Å². The van der Waals surface area contributed by atoms with Crippen molar-refractivity contribution in [3.8, 4) is 0 Å². The molecule has 2 heterocycles. The number of nitrogens with one attached hydrogen (secondary N) is 2. The van der Waals surface area contributed by atoms with E-state index < -0.39 is 35.8 Å². The fourth-order valence-electron chi connectivity index (χ4n) is 4.26. The Kier molecular flexibility index (Phi) is 6.02. The summed E-state index contributed by atoms with van der Waals surface area (Å²) in [6.45, 7) is 5.46. The van der Waals surface area contributed by atoms with Gasteiger partial charge in [-0.05, 0) is 24.5 Å². The van der Waals surface area contributed by atoms with Crippen LogP contribution >= 0.6 is 0 Å². The first kappa shape index (κ1) is 22.6. The number of amides is 4. The van der Waals surface area contributed by atoms with Crippen molar-refractivity contribution in [2.75, 3.05) is 20.1 Å². The second kappa shape index (κ2) is 8.24. The Balaban J connectivity index is 2.14. The quantitative estimate of drug-likeness (QED) is 0.742. The minimum absolute atomic E-state index is 0.0314. The van der Waals surface area contributed by atoms with Gasteiger partial charge in [0, 0.05) is 13.6 Å². The molecule has 0 saturated carbocycles. The van der Waals surface area contributed by atoms with Crippen molar-refractivity contribution < 1.29 is 27.6 Å². The maximum Gasteiger partial charge on any atom is 0.416 e. The second-order valence-electron chi connectivity index (χ2n) is 7.81. The van der Waals surface area contributed by atoms with E-state index in [1.165, 1.54) is 35.0 Å². The van der Waals surface area contributed by atoms with Gasteiger partial charge in [0.15, 0.2) is 0 Å². The molecular weight excluding hydrogens is 413 g/mol. The molecule has 2 atom stereocenters. The van der Waals surface area contributed by atoms with Crippen LogP contribution in [0.5, 0.6) is 0 Å². The molecule has 0 fully saturated rings.